The van der Waals surface area contributed by atoms with Crippen molar-refractivity contribution >= 4 is 43.6 Å². The Balaban J connectivity index is 0.914. The van der Waals surface area contributed by atoms with Crippen LogP contribution >= 0.6 is 0 Å². The molecule has 8 aromatic carbocycles. The second-order valence-electron chi connectivity index (χ2n) is 16.9. The SMILES string of the molecule is c1ccc2c(c1)-c1ccccc1C21c2cc(-c3ccc(-n4c5ccccc5c5ccccc54)cc3)cnc2-c2ncc(-c3ccc(-n4c5ccccc5c5ccccc54)cc3)cc21. The van der Waals surface area contributed by atoms with Gasteiger partial charge in [-0.15, -0.1) is 0 Å². The highest BCUT2D eigenvalue weighted by Gasteiger charge is 2.53. The molecule has 63 heavy (non-hydrogen) atoms. The molecule has 0 radical (unpaired) electrons. The summed E-state index contributed by atoms with van der Waals surface area (Å²) in [6, 6.07) is 75.3. The molecule has 0 fully saturated rings. The van der Waals surface area contributed by atoms with Crippen molar-refractivity contribution in [1.29, 1.82) is 0 Å². The van der Waals surface area contributed by atoms with Crippen LogP contribution in [0.5, 0.6) is 0 Å². The van der Waals surface area contributed by atoms with Crippen molar-refractivity contribution in [3.63, 3.8) is 0 Å². The molecule has 292 valence electrons. The summed E-state index contributed by atoms with van der Waals surface area (Å²) in [7, 11) is 0. The maximum Gasteiger partial charge on any atom is 0.0937 e. The second-order valence-corrected chi connectivity index (χ2v) is 16.9. The largest absolute Gasteiger partial charge is 0.309 e. The van der Waals surface area contributed by atoms with Crippen LogP contribution < -0.4 is 0 Å². The summed E-state index contributed by atoms with van der Waals surface area (Å²) in [4.78, 5) is 10.6. The van der Waals surface area contributed by atoms with Crippen molar-refractivity contribution in [1.82, 2.24) is 19.1 Å². The van der Waals surface area contributed by atoms with E-state index in [-0.39, 0.29) is 0 Å². The average Bonchev–Trinajstić information content (AvgIpc) is 4.06. The third-order valence-electron chi connectivity index (χ3n) is 13.8. The fourth-order valence-corrected chi connectivity index (χ4v) is 11.2. The van der Waals surface area contributed by atoms with Crippen LogP contribution in [0.1, 0.15) is 22.3 Å². The lowest BCUT2D eigenvalue weighted by molar-refractivity contribution is 0.790. The number of hydrogen-bond acceptors (Lipinski definition) is 2. The van der Waals surface area contributed by atoms with Gasteiger partial charge in [-0.1, -0.05) is 146 Å². The Kier molecular flexibility index (Phi) is 7.01. The second kappa shape index (κ2) is 12.8. The van der Waals surface area contributed by atoms with Crippen LogP contribution in [-0.4, -0.2) is 19.1 Å². The number of hydrogen-bond donors (Lipinski definition) is 0. The number of rotatable bonds is 4. The zero-order chi connectivity index (χ0) is 41.2. The first-order valence-electron chi connectivity index (χ1n) is 21.6. The van der Waals surface area contributed by atoms with E-state index in [9.17, 15) is 0 Å². The molecule has 0 unspecified atom stereocenters. The fourth-order valence-electron chi connectivity index (χ4n) is 11.2. The quantitative estimate of drug-likeness (QED) is 0.178. The van der Waals surface area contributed by atoms with E-state index in [4.69, 9.17) is 9.97 Å². The summed E-state index contributed by atoms with van der Waals surface area (Å²) in [5.74, 6) is 0. The van der Waals surface area contributed by atoms with E-state index in [2.05, 4.69) is 215 Å². The first-order valence-corrected chi connectivity index (χ1v) is 21.6. The van der Waals surface area contributed by atoms with Gasteiger partial charge in [0.15, 0.2) is 0 Å². The van der Waals surface area contributed by atoms with Gasteiger partial charge < -0.3 is 9.13 Å². The van der Waals surface area contributed by atoms with E-state index in [1.165, 1.54) is 77.0 Å². The highest BCUT2D eigenvalue weighted by Crippen LogP contribution is 2.62. The highest BCUT2D eigenvalue weighted by atomic mass is 15.0. The number of fused-ring (bicyclic) bond motifs is 16. The minimum Gasteiger partial charge on any atom is -0.309 e. The van der Waals surface area contributed by atoms with Gasteiger partial charge in [-0.2, -0.15) is 0 Å². The van der Waals surface area contributed by atoms with E-state index < -0.39 is 5.41 Å². The Morgan fingerprint density at radius 3 is 1.02 bits per heavy atom. The Morgan fingerprint density at radius 1 is 0.302 bits per heavy atom. The minimum atomic E-state index is -0.588. The molecule has 14 rings (SSSR count). The number of aromatic nitrogens is 4. The molecule has 1 spiro atoms. The third kappa shape index (κ3) is 4.64. The smallest absolute Gasteiger partial charge is 0.0937 e. The zero-order valence-electron chi connectivity index (χ0n) is 34.1. The van der Waals surface area contributed by atoms with Crippen LogP contribution in [0, 0.1) is 0 Å². The van der Waals surface area contributed by atoms with Crippen LogP contribution in [0.4, 0.5) is 0 Å². The van der Waals surface area contributed by atoms with Crippen LogP contribution in [0.3, 0.4) is 0 Å². The molecule has 4 heterocycles. The summed E-state index contributed by atoms with van der Waals surface area (Å²) >= 11 is 0. The summed E-state index contributed by atoms with van der Waals surface area (Å²) < 4.78 is 4.74. The molecule has 0 saturated heterocycles. The van der Waals surface area contributed by atoms with Crippen LogP contribution in [0.25, 0.3) is 99.8 Å². The van der Waals surface area contributed by atoms with E-state index in [0.29, 0.717) is 0 Å². The molecule has 0 atom stereocenters. The summed E-state index contributed by atoms with van der Waals surface area (Å²) in [5.41, 5.74) is 20.2. The lowest BCUT2D eigenvalue weighted by Crippen LogP contribution is -2.26. The van der Waals surface area contributed by atoms with Crippen LogP contribution in [0.2, 0.25) is 0 Å². The Bertz CT molecular complexity index is 3490. The summed E-state index contributed by atoms with van der Waals surface area (Å²) in [6.07, 6.45) is 4.07. The molecule has 0 saturated carbocycles. The molecule has 2 aliphatic rings. The fraction of sp³-hybridized carbons (Fsp3) is 0.0169. The van der Waals surface area contributed by atoms with Gasteiger partial charge in [0, 0.05) is 67.6 Å². The normalized spacial score (nSPS) is 13.2. The van der Waals surface area contributed by atoms with E-state index in [1.54, 1.807) is 0 Å². The van der Waals surface area contributed by atoms with Crippen molar-refractivity contribution in [2.75, 3.05) is 0 Å². The number of benzene rings is 8. The predicted molar refractivity (Wildman–Crippen MR) is 258 cm³/mol. The minimum absolute atomic E-state index is 0.588. The molecular formula is C59H36N4. The average molecular weight is 801 g/mol. The van der Waals surface area contributed by atoms with E-state index in [1.807, 2.05) is 12.4 Å². The van der Waals surface area contributed by atoms with Crippen molar-refractivity contribution < 1.29 is 0 Å². The number of nitrogens with zero attached hydrogens (tertiary/aromatic N) is 4. The maximum absolute atomic E-state index is 5.32. The maximum atomic E-state index is 5.32. The molecule has 0 bridgehead atoms. The van der Waals surface area contributed by atoms with Crippen molar-refractivity contribution in [2.24, 2.45) is 0 Å². The number of para-hydroxylation sites is 4. The first-order chi connectivity index (χ1) is 31.3. The summed E-state index contributed by atoms with van der Waals surface area (Å²) in [6.45, 7) is 0. The molecule has 0 N–H and O–H groups in total. The van der Waals surface area contributed by atoms with Gasteiger partial charge in [-0.05, 0) is 94.0 Å². The number of pyridine rings is 2. The first kappa shape index (κ1) is 34.4. The van der Waals surface area contributed by atoms with Crippen molar-refractivity contribution in [3.05, 3.63) is 241 Å². The molecule has 0 amide bonds. The van der Waals surface area contributed by atoms with Gasteiger partial charge in [0.1, 0.15) is 0 Å². The van der Waals surface area contributed by atoms with Crippen LogP contribution in [-0.2, 0) is 5.41 Å². The predicted octanol–water partition coefficient (Wildman–Crippen LogP) is 14.3. The third-order valence-corrected chi connectivity index (χ3v) is 13.8. The van der Waals surface area contributed by atoms with E-state index in [0.717, 1.165) is 45.0 Å². The molecule has 12 aromatic rings. The Morgan fingerprint density at radius 2 is 0.635 bits per heavy atom. The van der Waals surface area contributed by atoms with Gasteiger partial charge in [0.25, 0.3) is 0 Å². The van der Waals surface area contributed by atoms with Gasteiger partial charge in [-0.25, -0.2) is 0 Å². The topological polar surface area (TPSA) is 35.6 Å². The van der Waals surface area contributed by atoms with Crippen LogP contribution in [0.15, 0.2) is 219 Å². The molecule has 4 aromatic heterocycles. The lowest BCUT2D eigenvalue weighted by atomic mass is 9.70. The standard InChI is InChI=1S/C59H36N4/c1-7-19-49-43(13-1)44-14-2-8-20-50(44)59(49)51-33-39(37-25-29-41(30-26-37)62-53-21-9-3-15-45(53)46-16-4-10-22-54(46)62)35-60-57(51)58-52(59)34-40(36-61-58)38-27-31-42(32-28-38)63-55-23-11-5-17-47(55)48-18-6-12-24-56(48)63/h1-36H. The molecule has 0 aliphatic heterocycles. The molecule has 4 heteroatoms. The van der Waals surface area contributed by atoms with Gasteiger partial charge in [0.05, 0.1) is 38.9 Å². The van der Waals surface area contributed by atoms with Gasteiger partial charge in [-0.3, -0.25) is 9.97 Å². The van der Waals surface area contributed by atoms with Gasteiger partial charge in [0.2, 0.25) is 0 Å². The Hall–Kier alpha value is -8.34. The Labute approximate surface area is 363 Å². The van der Waals surface area contributed by atoms with Gasteiger partial charge >= 0.3 is 0 Å². The van der Waals surface area contributed by atoms with Crippen molar-refractivity contribution in [2.45, 2.75) is 5.41 Å². The monoisotopic (exact) mass is 800 g/mol. The molecular weight excluding hydrogens is 765 g/mol. The summed E-state index contributed by atoms with van der Waals surface area (Å²) in [5, 5.41) is 5.04. The van der Waals surface area contributed by atoms with E-state index >= 15 is 0 Å². The lowest BCUT2D eigenvalue weighted by Gasteiger charge is -2.30. The van der Waals surface area contributed by atoms with Crippen molar-refractivity contribution in [3.8, 4) is 56.1 Å². The molecule has 4 nitrogen and oxygen atoms in total. The molecule has 2 aliphatic carbocycles. The zero-order valence-corrected chi connectivity index (χ0v) is 34.1. The highest BCUT2D eigenvalue weighted by molar-refractivity contribution is 6.10.